The topological polar surface area (TPSA) is 65.2 Å². The minimum Gasteiger partial charge on any atom is -0.465 e. The van der Waals surface area contributed by atoms with Gasteiger partial charge in [-0.25, -0.2) is 13.6 Å². The lowest BCUT2D eigenvalue weighted by atomic mass is 10.1. The number of aromatic nitrogens is 1. The number of hydrogen-bond donors (Lipinski definition) is 1. The number of hydrogen-bond acceptors (Lipinski definition) is 4. The van der Waals surface area contributed by atoms with Crippen molar-refractivity contribution >= 4 is 11.7 Å². The first-order valence-electron chi connectivity index (χ1n) is 4.10. The van der Waals surface area contributed by atoms with E-state index in [4.69, 9.17) is 5.73 Å². The zero-order valence-corrected chi connectivity index (χ0v) is 8.25. The molecule has 0 spiro atoms. The molecule has 1 rings (SSSR count). The highest BCUT2D eigenvalue weighted by Gasteiger charge is 2.23. The van der Waals surface area contributed by atoms with Gasteiger partial charge in [0.2, 0.25) is 0 Å². The van der Waals surface area contributed by atoms with Crippen molar-refractivity contribution in [1.82, 2.24) is 4.98 Å². The van der Waals surface area contributed by atoms with Gasteiger partial charge in [0.25, 0.3) is 6.43 Å². The lowest BCUT2D eigenvalue weighted by Crippen LogP contribution is -2.12. The van der Waals surface area contributed by atoms with Gasteiger partial charge >= 0.3 is 5.97 Å². The maximum Gasteiger partial charge on any atom is 0.342 e. The van der Waals surface area contributed by atoms with Gasteiger partial charge in [-0.05, 0) is 13.0 Å². The second kappa shape index (κ2) is 4.20. The van der Waals surface area contributed by atoms with Crippen LogP contribution in [-0.2, 0) is 4.74 Å². The second-order valence-electron chi connectivity index (χ2n) is 2.91. The first kappa shape index (κ1) is 11.4. The summed E-state index contributed by atoms with van der Waals surface area (Å²) in [5.74, 6) is -0.907. The fourth-order valence-electron chi connectivity index (χ4n) is 1.21. The molecule has 1 heterocycles. The number of carbonyl (C=O) groups excluding carboxylic acids is 1. The highest BCUT2D eigenvalue weighted by Crippen LogP contribution is 2.26. The maximum atomic E-state index is 12.6. The van der Waals surface area contributed by atoms with Crippen LogP contribution in [-0.4, -0.2) is 18.1 Å². The van der Waals surface area contributed by atoms with E-state index in [1.807, 2.05) is 0 Å². The number of methoxy groups -OCH3 is 1. The molecule has 1 aromatic heterocycles. The van der Waals surface area contributed by atoms with E-state index < -0.39 is 18.1 Å². The molecule has 0 unspecified atom stereocenters. The number of esters is 1. The molecular weight excluding hydrogens is 206 g/mol. The summed E-state index contributed by atoms with van der Waals surface area (Å²) in [6, 6.07) is 1.35. The highest BCUT2D eigenvalue weighted by molar-refractivity contribution is 5.96. The Kier molecular flexibility index (Phi) is 3.18. The molecule has 0 aliphatic carbocycles. The van der Waals surface area contributed by atoms with Gasteiger partial charge < -0.3 is 10.5 Å². The third-order valence-corrected chi connectivity index (χ3v) is 1.80. The Morgan fingerprint density at radius 1 is 1.60 bits per heavy atom. The highest BCUT2D eigenvalue weighted by atomic mass is 19.3. The van der Waals surface area contributed by atoms with Crippen LogP contribution in [0.2, 0.25) is 0 Å². The van der Waals surface area contributed by atoms with Crippen molar-refractivity contribution in [2.45, 2.75) is 13.3 Å². The maximum absolute atomic E-state index is 12.6. The van der Waals surface area contributed by atoms with Crippen LogP contribution >= 0.6 is 0 Å². The third kappa shape index (κ3) is 2.20. The van der Waals surface area contributed by atoms with Gasteiger partial charge in [0, 0.05) is 5.69 Å². The van der Waals surface area contributed by atoms with Crippen LogP contribution in [0.1, 0.15) is 28.2 Å². The smallest absolute Gasteiger partial charge is 0.342 e. The summed E-state index contributed by atoms with van der Waals surface area (Å²) in [4.78, 5) is 14.8. The number of alkyl halides is 2. The van der Waals surface area contributed by atoms with Crippen molar-refractivity contribution in [3.05, 3.63) is 23.0 Å². The number of carbonyl (C=O) groups is 1. The summed E-state index contributed by atoms with van der Waals surface area (Å²) in [6.07, 6.45) is -2.86. The number of halogens is 2. The summed E-state index contributed by atoms with van der Waals surface area (Å²) in [5.41, 5.74) is 4.74. The normalized spacial score (nSPS) is 10.5. The van der Waals surface area contributed by atoms with Crippen LogP contribution in [0.3, 0.4) is 0 Å². The Morgan fingerprint density at radius 2 is 2.20 bits per heavy atom. The fraction of sp³-hybridized carbons (Fsp3) is 0.333. The second-order valence-corrected chi connectivity index (χ2v) is 2.91. The quantitative estimate of drug-likeness (QED) is 0.764. The van der Waals surface area contributed by atoms with Crippen molar-refractivity contribution in [3.63, 3.8) is 0 Å². The zero-order chi connectivity index (χ0) is 11.6. The van der Waals surface area contributed by atoms with Crippen molar-refractivity contribution < 1.29 is 18.3 Å². The molecule has 0 bridgehead atoms. The molecule has 1 aromatic rings. The monoisotopic (exact) mass is 216 g/mol. The molecule has 4 nitrogen and oxygen atoms in total. The molecule has 0 saturated heterocycles. The van der Waals surface area contributed by atoms with Crippen LogP contribution in [0.15, 0.2) is 6.07 Å². The van der Waals surface area contributed by atoms with Crippen molar-refractivity contribution in [3.8, 4) is 0 Å². The van der Waals surface area contributed by atoms with Crippen LogP contribution in [0.25, 0.3) is 0 Å². The minimum absolute atomic E-state index is 0.0512. The van der Waals surface area contributed by atoms with Crippen molar-refractivity contribution in [1.29, 1.82) is 0 Å². The lowest BCUT2D eigenvalue weighted by Gasteiger charge is -2.09. The van der Waals surface area contributed by atoms with Gasteiger partial charge in [-0.1, -0.05) is 0 Å². The van der Waals surface area contributed by atoms with E-state index >= 15 is 0 Å². The van der Waals surface area contributed by atoms with E-state index in [0.29, 0.717) is 5.69 Å². The number of anilines is 1. The number of rotatable bonds is 2. The first-order chi connectivity index (χ1) is 6.97. The predicted octanol–water partition coefficient (Wildman–Crippen LogP) is 1.70. The van der Waals surface area contributed by atoms with Crippen molar-refractivity contribution in [2.75, 3.05) is 12.8 Å². The van der Waals surface area contributed by atoms with Gasteiger partial charge in [-0.2, -0.15) is 0 Å². The van der Waals surface area contributed by atoms with Gasteiger partial charge in [0.05, 0.1) is 12.8 Å². The van der Waals surface area contributed by atoms with Gasteiger partial charge in [-0.3, -0.25) is 4.98 Å². The fourth-order valence-corrected chi connectivity index (χ4v) is 1.21. The minimum atomic E-state index is -2.86. The molecule has 0 amide bonds. The molecule has 82 valence electrons. The summed E-state index contributed by atoms with van der Waals surface area (Å²) in [5, 5.41) is 0. The molecule has 2 N–H and O–H groups in total. The Labute approximate surface area is 85.1 Å². The number of aryl methyl sites for hydroxylation is 1. The van der Waals surface area contributed by atoms with Crippen LogP contribution < -0.4 is 5.73 Å². The largest absolute Gasteiger partial charge is 0.465 e. The zero-order valence-electron chi connectivity index (χ0n) is 8.25. The molecule has 0 aliphatic heterocycles. The standard InChI is InChI=1S/C9H10F2N2O2/c1-4-3-5(12)6(9(14)15-2)7(13-4)8(10)11/h3,8H,1-2H3,(H2,12,13). The van der Waals surface area contributed by atoms with E-state index in [9.17, 15) is 13.6 Å². The Balaban J connectivity index is 3.40. The Hall–Kier alpha value is -1.72. The van der Waals surface area contributed by atoms with E-state index in [1.165, 1.54) is 13.0 Å². The number of ether oxygens (including phenoxy) is 1. The van der Waals surface area contributed by atoms with Crippen LogP contribution in [0, 0.1) is 6.92 Å². The average molecular weight is 216 g/mol. The number of nitrogen functional groups attached to an aromatic ring is 1. The summed E-state index contributed by atoms with van der Waals surface area (Å²) >= 11 is 0. The SMILES string of the molecule is COC(=O)c1c(N)cc(C)nc1C(F)F. The van der Waals surface area contributed by atoms with Gasteiger partial charge in [-0.15, -0.1) is 0 Å². The first-order valence-corrected chi connectivity index (χ1v) is 4.10. The number of nitrogens with two attached hydrogens (primary N) is 1. The van der Waals surface area contributed by atoms with Crippen LogP contribution in [0.5, 0.6) is 0 Å². The molecule has 0 fully saturated rings. The predicted molar refractivity (Wildman–Crippen MR) is 49.7 cm³/mol. The number of nitrogens with zero attached hydrogens (tertiary/aromatic N) is 1. The lowest BCUT2D eigenvalue weighted by molar-refractivity contribution is 0.0588. The van der Waals surface area contributed by atoms with Crippen LogP contribution in [0.4, 0.5) is 14.5 Å². The molecule has 0 atom stereocenters. The third-order valence-electron chi connectivity index (χ3n) is 1.80. The van der Waals surface area contributed by atoms with E-state index in [0.717, 1.165) is 7.11 Å². The number of pyridine rings is 1. The Morgan fingerprint density at radius 3 is 2.67 bits per heavy atom. The molecular formula is C9H10F2N2O2. The molecule has 0 radical (unpaired) electrons. The molecule has 15 heavy (non-hydrogen) atoms. The molecule has 0 aliphatic rings. The van der Waals surface area contributed by atoms with E-state index in [-0.39, 0.29) is 11.3 Å². The van der Waals surface area contributed by atoms with Gasteiger partial charge in [0.15, 0.2) is 0 Å². The molecule has 0 aromatic carbocycles. The Bertz CT molecular complexity index is 394. The van der Waals surface area contributed by atoms with Gasteiger partial charge in [0.1, 0.15) is 11.3 Å². The average Bonchev–Trinajstić information content (AvgIpc) is 2.15. The van der Waals surface area contributed by atoms with E-state index in [1.54, 1.807) is 0 Å². The molecule has 6 heteroatoms. The summed E-state index contributed by atoms with van der Waals surface area (Å²) in [7, 11) is 1.09. The van der Waals surface area contributed by atoms with Crippen molar-refractivity contribution in [2.24, 2.45) is 0 Å². The summed E-state index contributed by atoms with van der Waals surface area (Å²) in [6.45, 7) is 1.52. The summed E-state index contributed by atoms with van der Waals surface area (Å²) < 4.78 is 29.5. The van der Waals surface area contributed by atoms with E-state index in [2.05, 4.69) is 9.72 Å². The molecule has 0 saturated carbocycles.